The number of aliphatic carboxylic acids is 1. The highest BCUT2D eigenvalue weighted by atomic mass is 35.5. The largest absolute Gasteiger partial charge is 0.506 e. The molecule has 4 rings (SSSR count). The van der Waals surface area contributed by atoms with Crippen molar-refractivity contribution >= 4 is 28.5 Å². The van der Waals surface area contributed by atoms with Crippen molar-refractivity contribution in [3.05, 3.63) is 58.5 Å². The van der Waals surface area contributed by atoms with Crippen LogP contribution in [-0.2, 0) is 17.8 Å². The Bertz CT molecular complexity index is 1130. The molecule has 0 unspecified atom stereocenters. The van der Waals surface area contributed by atoms with E-state index in [-0.39, 0.29) is 11.6 Å². The smallest absolute Gasteiger partial charge is 0.490 e. The molecule has 0 spiro atoms. The molecule has 0 saturated carbocycles. The Hall–Kier alpha value is -2.89. The fourth-order valence-corrected chi connectivity index (χ4v) is 3.69. The van der Waals surface area contributed by atoms with Crippen LogP contribution >= 0.6 is 11.6 Å². The first-order valence-corrected chi connectivity index (χ1v) is 10.7. The topological polar surface area (TPSA) is 90.0 Å². The summed E-state index contributed by atoms with van der Waals surface area (Å²) in [6.07, 6.45) is -4.30. The number of aromatic hydroxyl groups is 1. The van der Waals surface area contributed by atoms with Crippen LogP contribution < -0.4 is 0 Å². The Kier molecular flexibility index (Phi) is 8.34. The van der Waals surface area contributed by atoms with Gasteiger partial charge in [-0.1, -0.05) is 22.8 Å². The predicted octanol–water partition coefficient (Wildman–Crippen LogP) is 4.32. The summed E-state index contributed by atoms with van der Waals surface area (Å²) < 4.78 is 50.2. The lowest BCUT2D eigenvalue weighted by molar-refractivity contribution is -0.192. The number of benzene rings is 2. The lowest BCUT2D eigenvalue weighted by atomic mass is 10.1. The molecule has 7 nitrogen and oxygen atoms in total. The van der Waals surface area contributed by atoms with E-state index in [2.05, 4.69) is 15.0 Å². The number of phenolic OH excluding ortho intramolecular Hbond substituents is 1. The van der Waals surface area contributed by atoms with Gasteiger partial charge in [0.05, 0.1) is 10.7 Å². The molecule has 0 atom stereocenters. The van der Waals surface area contributed by atoms with Crippen LogP contribution in [0.25, 0.3) is 11.0 Å². The third-order valence-corrected chi connectivity index (χ3v) is 5.60. The fraction of sp³-hybridized carbons (Fsp3) is 0.364. The SMILES string of the molecule is O=C(O)C(F)(F)F.Oc1ccc(CN2CCN(CCc3noc4cc(F)ccc34)CC2)cc1Cl. The average Bonchev–Trinajstić information content (AvgIpc) is 3.17. The lowest BCUT2D eigenvalue weighted by Gasteiger charge is -2.34. The van der Waals surface area contributed by atoms with Gasteiger partial charge in [0, 0.05) is 57.1 Å². The van der Waals surface area contributed by atoms with Crippen LogP contribution in [0.5, 0.6) is 5.75 Å². The first-order valence-electron chi connectivity index (χ1n) is 10.3. The number of piperazine rings is 1. The lowest BCUT2D eigenvalue weighted by Crippen LogP contribution is -2.46. The van der Waals surface area contributed by atoms with Gasteiger partial charge in [-0.25, -0.2) is 9.18 Å². The van der Waals surface area contributed by atoms with Crippen molar-refractivity contribution < 1.29 is 37.1 Å². The van der Waals surface area contributed by atoms with E-state index in [9.17, 15) is 22.7 Å². The zero-order chi connectivity index (χ0) is 24.9. The molecule has 0 radical (unpaired) electrons. The number of aromatic nitrogens is 1. The monoisotopic (exact) mass is 503 g/mol. The summed E-state index contributed by atoms with van der Waals surface area (Å²) in [7, 11) is 0. The van der Waals surface area contributed by atoms with Crippen LogP contribution in [0, 0.1) is 5.82 Å². The highest BCUT2D eigenvalue weighted by Crippen LogP contribution is 2.25. The average molecular weight is 504 g/mol. The van der Waals surface area contributed by atoms with Gasteiger partial charge in [-0.2, -0.15) is 13.2 Å². The second-order valence-corrected chi connectivity index (χ2v) is 8.13. The molecule has 2 N–H and O–H groups in total. The number of nitrogens with zero attached hydrogens (tertiary/aromatic N) is 3. The maximum Gasteiger partial charge on any atom is 0.490 e. The maximum absolute atomic E-state index is 13.2. The Morgan fingerprint density at radius 1 is 1.09 bits per heavy atom. The minimum atomic E-state index is -5.08. The van der Waals surface area contributed by atoms with E-state index >= 15 is 0 Å². The summed E-state index contributed by atoms with van der Waals surface area (Å²) in [4.78, 5) is 13.7. The number of alkyl halides is 3. The number of fused-ring (bicyclic) bond motifs is 1. The van der Waals surface area contributed by atoms with Crippen molar-refractivity contribution in [3.63, 3.8) is 0 Å². The standard InChI is InChI=1S/C20H21ClFN3O2.C2HF3O2/c21-17-11-14(1-4-19(17)26)13-25-9-7-24(8-10-25)6-5-18-16-3-2-15(22)12-20(16)27-23-18;3-2(4,5)1(6)7/h1-4,11-12,26H,5-10,13H2;(H,6,7). The summed E-state index contributed by atoms with van der Waals surface area (Å²) in [5.41, 5.74) is 2.49. The van der Waals surface area contributed by atoms with Crippen LogP contribution in [0.2, 0.25) is 5.02 Å². The molecule has 2 aromatic carbocycles. The first-order chi connectivity index (χ1) is 16.0. The van der Waals surface area contributed by atoms with Gasteiger partial charge in [-0.05, 0) is 29.8 Å². The molecule has 34 heavy (non-hydrogen) atoms. The molecule has 1 aromatic heterocycles. The number of carboxylic acids is 1. The van der Waals surface area contributed by atoms with Crippen molar-refractivity contribution in [3.8, 4) is 5.75 Å². The Morgan fingerprint density at radius 3 is 2.35 bits per heavy atom. The van der Waals surface area contributed by atoms with Gasteiger partial charge in [0.25, 0.3) is 0 Å². The Labute approximate surface area is 197 Å². The molecule has 0 bridgehead atoms. The summed E-state index contributed by atoms with van der Waals surface area (Å²) in [5, 5.41) is 22.0. The highest BCUT2D eigenvalue weighted by molar-refractivity contribution is 6.32. The van der Waals surface area contributed by atoms with Crippen LogP contribution in [0.15, 0.2) is 40.9 Å². The third-order valence-electron chi connectivity index (χ3n) is 5.30. The molecule has 12 heteroatoms. The van der Waals surface area contributed by atoms with Gasteiger partial charge >= 0.3 is 12.1 Å². The molecule has 1 aliphatic rings. The summed E-state index contributed by atoms with van der Waals surface area (Å²) >= 11 is 5.98. The van der Waals surface area contributed by atoms with E-state index in [0.29, 0.717) is 10.6 Å². The summed E-state index contributed by atoms with van der Waals surface area (Å²) in [5.74, 6) is -2.95. The zero-order valence-electron chi connectivity index (χ0n) is 17.9. The normalized spacial score (nSPS) is 15.2. The molecule has 0 amide bonds. The molecule has 0 aliphatic carbocycles. The van der Waals surface area contributed by atoms with E-state index in [1.165, 1.54) is 12.1 Å². The number of hydrogen-bond donors (Lipinski definition) is 2. The van der Waals surface area contributed by atoms with Crippen molar-refractivity contribution in [1.29, 1.82) is 0 Å². The minimum absolute atomic E-state index is 0.119. The molecular weight excluding hydrogens is 482 g/mol. The van der Waals surface area contributed by atoms with Gasteiger partial charge in [0.15, 0.2) is 5.58 Å². The number of carbonyl (C=O) groups is 1. The number of halogens is 5. The second kappa shape index (κ2) is 11.0. The van der Waals surface area contributed by atoms with E-state index in [1.54, 1.807) is 12.1 Å². The maximum atomic E-state index is 13.2. The Morgan fingerprint density at radius 2 is 1.74 bits per heavy atom. The number of phenols is 1. The quantitative estimate of drug-likeness (QED) is 0.501. The molecule has 184 valence electrons. The predicted molar refractivity (Wildman–Crippen MR) is 116 cm³/mol. The fourth-order valence-electron chi connectivity index (χ4n) is 3.49. The van der Waals surface area contributed by atoms with E-state index < -0.39 is 12.1 Å². The highest BCUT2D eigenvalue weighted by Gasteiger charge is 2.38. The second-order valence-electron chi connectivity index (χ2n) is 7.73. The summed E-state index contributed by atoms with van der Waals surface area (Å²) in [6, 6.07) is 9.92. The van der Waals surface area contributed by atoms with Crippen LogP contribution in [-0.4, -0.2) is 70.0 Å². The molecule has 1 aliphatic heterocycles. The number of rotatable bonds is 5. The number of hydrogen-bond acceptors (Lipinski definition) is 6. The van der Waals surface area contributed by atoms with Crippen molar-refractivity contribution in [2.75, 3.05) is 32.7 Å². The van der Waals surface area contributed by atoms with Crippen LogP contribution in [0.3, 0.4) is 0 Å². The number of carboxylic acid groups (broad SMARTS) is 1. The van der Waals surface area contributed by atoms with Gasteiger partial charge in [-0.15, -0.1) is 0 Å². The van der Waals surface area contributed by atoms with Crippen LogP contribution in [0.1, 0.15) is 11.3 Å². The molecule has 1 fully saturated rings. The van der Waals surface area contributed by atoms with E-state index in [0.717, 1.165) is 62.3 Å². The van der Waals surface area contributed by atoms with Crippen molar-refractivity contribution in [2.45, 2.75) is 19.1 Å². The van der Waals surface area contributed by atoms with Crippen molar-refractivity contribution in [2.24, 2.45) is 0 Å². The molecule has 3 aromatic rings. The molecule has 2 heterocycles. The van der Waals surface area contributed by atoms with Gasteiger partial charge in [-0.3, -0.25) is 4.90 Å². The van der Waals surface area contributed by atoms with Crippen molar-refractivity contribution in [1.82, 2.24) is 15.0 Å². The van der Waals surface area contributed by atoms with Gasteiger partial charge in [0.1, 0.15) is 11.6 Å². The first kappa shape index (κ1) is 25.7. The molecular formula is C22H22ClF4N3O4. The van der Waals surface area contributed by atoms with E-state index in [1.807, 2.05) is 12.1 Å². The Balaban J connectivity index is 0.000000406. The van der Waals surface area contributed by atoms with E-state index in [4.69, 9.17) is 26.0 Å². The van der Waals surface area contributed by atoms with Crippen LogP contribution in [0.4, 0.5) is 17.6 Å². The zero-order valence-corrected chi connectivity index (χ0v) is 18.6. The third kappa shape index (κ3) is 7.05. The van der Waals surface area contributed by atoms with Gasteiger partial charge in [0.2, 0.25) is 0 Å². The summed E-state index contributed by atoms with van der Waals surface area (Å²) in [6.45, 7) is 5.64. The minimum Gasteiger partial charge on any atom is -0.506 e. The van der Waals surface area contributed by atoms with Gasteiger partial charge < -0.3 is 19.6 Å². The molecule has 1 saturated heterocycles.